The van der Waals surface area contributed by atoms with Crippen LogP contribution in [0, 0.1) is 0 Å². The number of alkyl halides is 3. The van der Waals surface area contributed by atoms with Crippen LogP contribution in [0.5, 0.6) is 23.0 Å². The van der Waals surface area contributed by atoms with E-state index in [0.717, 1.165) is 17.4 Å². The number of unbranched alkanes of at least 4 members (excludes halogenated alkanes) is 1. The molecule has 0 aromatic heterocycles. The van der Waals surface area contributed by atoms with Gasteiger partial charge in [-0.1, -0.05) is 42.5 Å². The van der Waals surface area contributed by atoms with Crippen molar-refractivity contribution in [1.29, 1.82) is 0 Å². The molecule has 0 fully saturated rings. The van der Waals surface area contributed by atoms with Gasteiger partial charge in [0.15, 0.2) is 17.6 Å². The summed E-state index contributed by atoms with van der Waals surface area (Å²) in [5, 5.41) is 9.28. The molecule has 0 saturated carbocycles. The number of halogens is 3. The van der Waals surface area contributed by atoms with Crippen molar-refractivity contribution >= 4 is 12.1 Å². The van der Waals surface area contributed by atoms with Gasteiger partial charge >= 0.3 is 18.4 Å². The first-order chi connectivity index (χ1) is 20.6. The summed E-state index contributed by atoms with van der Waals surface area (Å²) < 4.78 is 64.5. The quantitative estimate of drug-likeness (QED) is 0.178. The van der Waals surface area contributed by atoms with Crippen molar-refractivity contribution in [2.45, 2.75) is 38.7 Å². The van der Waals surface area contributed by atoms with Crippen LogP contribution >= 0.6 is 0 Å². The number of carbonyl (C=O) groups excluding carboxylic acids is 1. The van der Waals surface area contributed by atoms with Crippen molar-refractivity contribution < 1.29 is 51.6 Å². The first-order valence-corrected chi connectivity index (χ1v) is 13.7. The van der Waals surface area contributed by atoms with E-state index in [4.69, 9.17) is 18.9 Å². The number of rotatable bonds is 17. The molecule has 0 heterocycles. The second-order valence-corrected chi connectivity index (χ2v) is 9.20. The Kier molecular flexibility index (Phi) is 13.0. The number of hydrogen-bond acceptors (Lipinski definition) is 7. The average molecular weight is 606 g/mol. The molecule has 3 aromatic carbocycles. The van der Waals surface area contributed by atoms with Crippen LogP contribution < -0.4 is 18.9 Å². The highest BCUT2D eigenvalue weighted by Gasteiger charge is 2.33. The second-order valence-electron chi connectivity index (χ2n) is 9.20. The number of benzene rings is 3. The van der Waals surface area contributed by atoms with Crippen molar-refractivity contribution in [3.8, 4) is 23.0 Å². The van der Waals surface area contributed by atoms with Crippen molar-refractivity contribution in [3.63, 3.8) is 0 Å². The first-order valence-electron chi connectivity index (χ1n) is 13.7. The Labute approximate surface area is 247 Å². The monoisotopic (exact) mass is 605 g/mol. The van der Waals surface area contributed by atoms with Gasteiger partial charge in [-0.2, -0.15) is 0 Å². The van der Waals surface area contributed by atoms with E-state index in [2.05, 4.69) is 4.74 Å². The lowest BCUT2D eigenvalue weighted by molar-refractivity contribution is -0.275. The highest BCUT2D eigenvalue weighted by Crippen LogP contribution is 2.32. The number of amides is 1. The molecule has 3 rings (SSSR count). The van der Waals surface area contributed by atoms with Gasteiger partial charge in [-0.15, -0.1) is 13.2 Å². The van der Waals surface area contributed by atoms with Gasteiger partial charge in [0, 0.05) is 19.6 Å². The molecule has 0 radical (unpaired) electrons. The molecule has 1 amide bonds. The fourth-order valence-electron chi connectivity index (χ4n) is 3.94. The summed E-state index contributed by atoms with van der Waals surface area (Å²) in [4.78, 5) is 25.7. The van der Waals surface area contributed by atoms with E-state index in [1.165, 1.54) is 23.1 Å². The predicted molar refractivity (Wildman–Crippen MR) is 151 cm³/mol. The lowest BCUT2D eigenvalue weighted by atomic mass is 10.1. The van der Waals surface area contributed by atoms with Gasteiger partial charge in [0.2, 0.25) is 0 Å². The van der Waals surface area contributed by atoms with Crippen LogP contribution in [0.2, 0.25) is 0 Å². The van der Waals surface area contributed by atoms with Crippen molar-refractivity contribution in [3.05, 3.63) is 84.4 Å². The summed E-state index contributed by atoms with van der Waals surface area (Å²) in [6.45, 7) is 2.78. The molecule has 0 aliphatic rings. The molecule has 1 unspecified atom stereocenters. The molecular weight excluding hydrogens is 571 g/mol. The third-order valence-corrected chi connectivity index (χ3v) is 5.98. The first kappa shape index (κ1) is 33.1. The van der Waals surface area contributed by atoms with Crippen LogP contribution in [0.25, 0.3) is 0 Å². The van der Waals surface area contributed by atoms with Gasteiger partial charge in [0.25, 0.3) is 0 Å². The summed E-state index contributed by atoms with van der Waals surface area (Å²) in [5.41, 5.74) is 0.746. The molecule has 43 heavy (non-hydrogen) atoms. The number of carboxylic acids is 1. The summed E-state index contributed by atoms with van der Waals surface area (Å²) in [6, 6.07) is 21.1. The molecule has 1 atom stereocenters. The van der Waals surface area contributed by atoms with Crippen LogP contribution in [0.4, 0.5) is 18.0 Å². The molecule has 232 valence electrons. The maximum Gasteiger partial charge on any atom is 0.573 e. The molecule has 3 aromatic rings. The Balaban J connectivity index is 1.59. The Morgan fingerprint density at radius 3 is 2.09 bits per heavy atom. The molecule has 0 bridgehead atoms. The molecule has 0 spiro atoms. The fourth-order valence-corrected chi connectivity index (χ4v) is 3.94. The highest BCUT2D eigenvalue weighted by atomic mass is 19.4. The Morgan fingerprint density at radius 1 is 0.814 bits per heavy atom. The highest BCUT2D eigenvalue weighted by molar-refractivity contribution is 5.73. The maximum atomic E-state index is 13.0. The number of aliphatic carboxylic acids is 1. The smallest absolute Gasteiger partial charge is 0.494 e. The lowest BCUT2D eigenvalue weighted by Gasteiger charge is -2.23. The number of carboxylic acid groups (broad SMARTS) is 1. The topological polar surface area (TPSA) is 104 Å². The van der Waals surface area contributed by atoms with Crippen molar-refractivity contribution in [1.82, 2.24) is 4.90 Å². The molecular formula is C31H34F3NO8. The van der Waals surface area contributed by atoms with Crippen LogP contribution in [0.3, 0.4) is 0 Å². The Hall–Kier alpha value is -4.45. The van der Waals surface area contributed by atoms with Crippen molar-refractivity contribution in [2.24, 2.45) is 0 Å². The largest absolute Gasteiger partial charge is 0.573 e. The molecule has 1 N–H and O–H groups in total. The van der Waals surface area contributed by atoms with Gasteiger partial charge in [0.1, 0.15) is 18.1 Å². The second kappa shape index (κ2) is 16.9. The van der Waals surface area contributed by atoms with E-state index in [1.807, 2.05) is 30.3 Å². The van der Waals surface area contributed by atoms with E-state index in [9.17, 15) is 27.9 Å². The van der Waals surface area contributed by atoms with Gasteiger partial charge in [-0.05, 0) is 61.7 Å². The zero-order valence-corrected chi connectivity index (χ0v) is 23.6. The molecule has 12 heteroatoms. The van der Waals surface area contributed by atoms with Gasteiger partial charge < -0.3 is 33.7 Å². The van der Waals surface area contributed by atoms with Gasteiger partial charge in [-0.3, -0.25) is 0 Å². The third kappa shape index (κ3) is 12.1. The Bertz CT molecular complexity index is 1270. The standard InChI is InChI=1S/C31H34F3NO8/c1-2-39-28(29(36)37)22-23-14-16-25(17-15-23)41-21-19-35(18-8-9-20-40-24-10-4-3-5-11-24)30(38)42-26-12-6-7-13-27(26)43-31(32,33)34/h3-7,10-17,28H,2,8-9,18-22H2,1H3,(H,36,37). The number of nitrogens with zero attached hydrogens (tertiary/aromatic N) is 1. The van der Waals surface area contributed by atoms with Crippen LogP contribution in [-0.4, -0.2) is 67.4 Å². The van der Waals surface area contributed by atoms with E-state index >= 15 is 0 Å². The maximum absolute atomic E-state index is 13.0. The summed E-state index contributed by atoms with van der Waals surface area (Å²) >= 11 is 0. The normalized spacial score (nSPS) is 11.8. The number of carbonyl (C=O) groups is 2. The molecule has 9 nitrogen and oxygen atoms in total. The summed E-state index contributed by atoms with van der Waals surface area (Å²) in [6.07, 6.45) is -5.45. The average Bonchev–Trinajstić information content (AvgIpc) is 2.97. The van der Waals surface area contributed by atoms with E-state index < -0.39 is 30.3 Å². The Morgan fingerprint density at radius 2 is 1.44 bits per heavy atom. The van der Waals surface area contributed by atoms with Crippen LogP contribution in [0.15, 0.2) is 78.9 Å². The number of ether oxygens (including phenoxy) is 5. The SMILES string of the molecule is CCOC(Cc1ccc(OCCN(CCCCOc2ccccc2)C(=O)Oc2ccccc2OC(F)(F)F)cc1)C(=O)O. The zero-order chi connectivity index (χ0) is 31.1. The summed E-state index contributed by atoms with van der Waals surface area (Å²) in [5.74, 6) is -0.847. The van der Waals surface area contributed by atoms with E-state index in [-0.39, 0.29) is 38.5 Å². The fraction of sp³-hybridized carbons (Fsp3) is 0.355. The van der Waals surface area contributed by atoms with Crippen LogP contribution in [-0.2, 0) is 16.0 Å². The van der Waals surface area contributed by atoms with Crippen LogP contribution in [0.1, 0.15) is 25.3 Å². The van der Waals surface area contributed by atoms with Gasteiger partial charge in [0.05, 0.1) is 13.2 Å². The third-order valence-electron chi connectivity index (χ3n) is 5.98. The number of hydrogen-bond donors (Lipinski definition) is 1. The molecule has 0 saturated heterocycles. The molecule has 0 aliphatic heterocycles. The molecule has 0 aliphatic carbocycles. The zero-order valence-electron chi connectivity index (χ0n) is 23.6. The van der Waals surface area contributed by atoms with Gasteiger partial charge in [-0.25, -0.2) is 9.59 Å². The minimum absolute atomic E-state index is 0.0619. The van der Waals surface area contributed by atoms with E-state index in [1.54, 1.807) is 31.2 Å². The van der Waals surface area contributed by atoms with E-state index in [0.29, 0.717) is 25.2 Å². The van der Waals surface area contributed by atoms with Crippen molar-refractivity contribution in [2.75, 3.05) is 32.9 Å². The summed E-state index contributed by atoms with van der Waals surface area (Å²) in [7, 11) is 0. The lowest BCUT2D eigenvalue weighted by Crippen LogP contribution is -2.37. The number of para-hydroxylation sites is 3. The predicted octanol–water partition coefficient (Wildman–Crippen LogP) is 6.36. The minimum Gasteiger partial charge on any atom is -0.494 e. The minimum atomic E-state index is -4.96.